The molecule has 0 heterocycles. The van der Waals surface area contributed by atoms with Crippen LogP contribution in [-0.4, -0.2) is 25.2 Å². The van der Waals surface area contributed by atoms with Crippen molar-refractivity contribution >= 4 is 27.9 Å². The summed E-state index contributed by atoms with van der Waals surface area (Å²) in [5.74, 6) is -0.621. The van der Waals surface area contributed by atoms with Crippen LogP contribution in [-0.2, 0) is 23.8 Å². The van der Waals surface area contributed by atoms with Gasteiger partial charge >= 0.3 is 11.9 Å². The highest BCUT2D eigenvalue weighted by atomic mass is 79.9. The van der Waals surface area contributed by atoms with Crippen LogP contribution in [0, 0.1) is 0 Å². The summed E-state index contributed by atoms with van der Waals surface area (Å²) in [6.45, 7) is 7.70. The lowest BCUT2D eigenvalue weighted by Crippen LogP contribution is -2.03. The Morgan fingerprint density at radius 3 is 2.25 bits per heavy atom. The molecule has 5 nitrogen and oxygen atoms in total. The topological polar surface area (TPSA) is 61.8 Å². The fourth-order valence-corrected chi connectivity index (χ4v) is 1.30. The number of carbonyl (C=O) groups is 2. The van der Waals surface area contributed by atoms with Gasteiger partial charge in [-0.1, -0.05) is 22.5 Å². The molecule has 0 N–H and O–H groups in total. The fraction of sp³-hybridized carbons (Fsp3) is 0.429. The number of hydrogen-bond donors (Lipinski definition) is 0. The normalized spacial score (nSPS) is 11.2. The zero-order chi connectivity index (χ0) is 15.4. The van der Waals surface area contributed by atoms with Gasteiger partial charge in [0.1, 0.15) is 5.76 Å². The molecule has 0 fully saturated rings. The number of rotatable bonds is 9. The van der Waals surface area contributed by atoms with Crippen LogP contribution in [0.15, 0.2) is 35.2 Å². The van der Waals surface area contributed by atoms with E-state index in [0.29, 0.717) is 18.6 Å². The second-order valence-electron chi connectivity index (χ2n) is 3.55. The molecule has 0 atom stereocenters. The maximum atomic E-state index is 11.4. The van der Waals surface area contributed by atoms with Crippen molar-refractivity contribution in [3.8, 4) is 0 Å². The molecular formula is C14H19BrO5. The van der Waals surface area contributed by atoms with E-state index < -0.39 is 11.9 Å². The minimum atomic E-state index is -0.507. The Bertz CT molecular complexity index is 398. The molecule has 6 heteroatoms. The van der Waals surface area contributed by atoms with Crippen LogP contribution in [0.1, 0.15) is 26.7 Å². The molecule has 0 unspecified atom stereocenters. The van der Waals surface area contributed by atoms with Crippen LogP contribution >= 0.6 is 15.9 Å². The molecule has 0 aliphatic carbocycles. The molecule has 0 aromatic heterocycles. The van der Waals surface area contributed by atoms with Gasteiger partial charge in [0.15, 0.2) is 0 Å². The molecule has 0 aromatic rings. The van der Waals surface area contributed by atoms with E-state index in [1.165, 1.54) is 12.3 Å². The Morgan fingerprint density at radius 2 is 1.70 bits per heavy atom. The van der Waals surface area contributed by atoms with Gasteiger partial charge in [0.25, 0.3) is 0 Å². The first kappa shape index (κ1) is 18.4. The van der Waals surface area contributed by atoms with Gasteiger partial charge in [-0.25, -0.2) is 9.59 Å². The number of halogens is 1. The predicted molar refractivity (Wildman–Crippen MR) is 78.9 cm³/mol. The van der Waals surface area contributed by atoms with Gasteiger partial charge in [-0.2, -0.15) is 0 Å². The number of hydrogen-bond acceptors (Lipinski definition) is 5. The lowest BCUT2D eigenvalue weighted by Gasteiger charge is -2.06. The van der Waals surface area contributed by atoms with Gasteiger partial charge < -0.3 is 14.2 Å². The third-order valence-electron chi connectivity index (χ3n) is 1.92. The lowest BCUT2D eigenvalue weighted by molar-refractivity contribution is -0.138. The number of esters is 2. The van der Waals surface area contributed by atoms with E-state index in [9.17, 15) is 9.59 Å². The van der Waals surface area contributed by atoms with E-state index in [4.69, 9.17) is 14.2 Å². The smallest absolute Gasteiger partial charge is 0.334 e. The highest BCUT2D eigenvalue weighted by molar-refractivity contribution is 9.11. The van der Waals surface area contributed by atoms with Crippen molar-refractivity contribution in [1.82, 2.24) is 0 Å². The van der Waals surface area contributed by atoms with E-state index in [0.717, 1.165) is 10.6 Å². The van der Waals surface area contributed by atoms with Crippen molar-refractivity contribution in [2.24, 2.45) is 0 Å². The van der Waals surface area contributed by atoms with Gasteiger partial charge in [0.05, 0.1) is 31.6 Å². The van der Waals surface area contributed by atoms with E-state index >= 15 is 0 Å². The van der Waals surface area contributed by atoms with Crippen molar-refractivity contribution in [2.75, 3.05) is 13.2 Å². The second-order valence-corrected chi connectivity index (χ2v) is 4.67. The molecule has 0 spiro atoms. The molecule has 0 saturated heterocycles. The van der Waals surface area contributed by atoms with Crippen molar-refractivity contribution in [3.05, 3.63) is 35.2 Å². The van der Waals surface area contributed by atoms with Gasteiger partial charge in [-0.15, -0.1) is 0 Å². The Labute approximate surface area is 127 Å². The summed E-state index contributed by atoms with van der Waals surface area (Å²) < 4.78 is 15.5. The first-order valence-electron chi connectivity index (χ1n) is 6.20. The van der Waals surface area contributed by atoms with E-state index in [1.54, 1.807) is 13.8 Å². The summed E-state index contributed by atoms with van der Waals surface area (Å²) >= 11 is 3.23. The minimum absolute atomic E-state index is 0.284. The SMILES string of the molecule is C=C(Br)CC/C(=C\C(=O)OCC)O/C=C/C(=O)OCC. The standard InChI is InChI=1S/C14H19BrO5/c1-4-18-13(16)8-9-20-12(7-6-11(3)15)10-14(17)19-5-2/h8-10H,3-7H2,1-2H3/b9-8+,12-10+. The third kappa shape index (κ3) is 10.4. The maximum Gasteiger partial charge on any atom is 0.334 e. The van der Waals surface area contributed by atoms with Crippen molar-refractivity contribution in [1.29, 1.82) is 0 Å². The van der Waals surface area contributed by atoms with Crippen LogP contribution in [0.3, 0.4) is 0 Å². The lowest BCUT2D eigenvalue weighted by atomic mass is 10.2. The third-order valence-corrected chi connectivity index (χ3v) is 2.31. The van der Waals surface area contributed by atoms with Crippen LogP contribution in [0.2, 0.25) is 0 Å². The summed E-state index contributed by atoms with van der Waals surface area (Å²) in [7, 11) is 0. The Morgan fingerprint density at radius 1 is 1.10 bits per heavy atom. The summed E-state index contributed by atoms with van der Waals surface area (Å²) in [6, 6.07) is 0. The van der Waals surface area contributed by atoms with Crippen LogP contribution < -0.4 is 0 Å². The average molecular weight is 347 g/mol. The molecule has 0 saturated carbocycles. The molecule has 0 amide bonds. The van der Waals surface area contributed by atoms with Gasteiger partial charge in [-0.3, -0.25) is 0 Å². The molecule has 0 radical (unpaired) electrons. The maximum absolute atomic E-state index is 11.4. The van der Waals surface area contributed by atoms with E-state index in [1.807, 2.05) is 0 Å². The quantitative estimate of drug-likeness (QED) is 0.364. The van der Waals surface area contributed by atoms with Crippen molar-refractivity contribution < 1.29 is 23.8 Å². The largest absolute Gasteiger partial charge is 0.469 e. The highest BCUT2D eigenvalue weighted by Gasteiger charge is 2.04. The van der Waals surface area contributed by atoms with Gasteiger partial charge in [-0.05, 0) is 24.8 Å². The van der Waals surface area contributed by atoms with Crippen molar-refractivity contribution in [2.45, 2.75) is 26.7 Å². The number of carbonyl (C=O) groups excluding carboxylic acids is 2. The zero-order valence-corrected chi connectivity index (χ0v) is 13.3. The highest BCUT2D eigenvalue weighted by Crippen LogP contribution is 2.16. The second kappa shape index (κ2) is 11.3. The molecule has 0 aliphatic heterocycles. The minimum Gasteiger partial charge on any atom is -0.469 e. The molecule has 0 bridgehead atoms. The molecular weight excluding hydrogens is 328 g/mol. The van der Waals surface area contributed by atoms with Crippen molar-refractivity contribution in [3.63, 3.8) is 0 Å². The first-order valence-corrected chi connectivity index (χ1v) is 6.99. The molecule has 112 valence electrons. The van der Waals surface area contributed by atoms with E-state index in [2.05, 4.69) is 22.5 Å². The summed E-state index contributed by atoms with van der Waals surface area (Å²) in [5, 5.41) is 0. The Balaban J connectivity index is 4.56. The Kier molecular flexibility index (Phi) is 10.4. The summed E-state index contributed by atoms with van der Waals surface area (Å²) in [6.07, 6.45) is 4.62. The zero-order valence-electron chi connectivity index (χ0n) is 11.7. The van der Waals surface area contributed by atoms with Gasteiger partial charge in [0.2, 0.25) is 0 Å². The fourth-order valence-electron chi connectivity index (χ4n) is 1.11. The monoisotopic (exact) mass is 346 g/mol. The van der Waals surface area contributed by atoms with Crippen LogP contribution in [0.5, 0.6) is 0 Å². The predicted octanol–water partition coefficient (Wildman–Crippen LogP) is 3.22. The number of allylic oxidation sites excluding steroid dienone is 2. The molecule has 0 aromatic carbocycles. The molecule has 20 heavy (non-hydrogen) atoms. The molecule has 0 rings (SSSR count). The van der Waals surface area contributed by atoms with Crippen LogP contribution in [0.25, 0.3) is 0 Å². The summed E-state index contributed by atoms with van der Waals surface area (Å²) in [5.41, 5.74) is 0. The first-order chi connectivity index (χ1) is 9.49. The van der Waals surface area contributed by atoms with E-state index in [-0.39, 0.29) is 13.2 Å². The van der Waals surface area contributed by atoms with Crippen LogP contribution in [0.4, 0.5) is 0 Å². The number of ether oxygens (including phenoxy) is 3. The Hall–Kier alpha value is -1.56. The summed E-state index contributed by atoms with van der Waals surface area (Å²) in [4.78, 5) is 22.5. The van der Waals surface area contributed by atoms with Gasteiger partial charge in [0, 0.05) is 6.42 Å². The molecule has 0 aliphatic rings. The average Bonchev–Trinajstić information content (AvgIpc) is 2.36.